The summed E-state index contributed by atoms with van der Waals surface area (Å²) in [5, 5.41) is 1.97. The van der Waals surface area contributed by atoms with E-state index in [0.717, 1.165) is 31.2 Å². The molecule has 1 aromatic rings. The molecule has 0 aromatic heterocycles. The molecule has 0 N–H and O–H groups in total. The average Bonchev–Trinajstić information content (AvgIpc) is 2.60. The van der Waals surface area contributed by atoms with Crippen molar-refractivity contribution >= 4 is 21.6 Å². The number of hydrogen-bond donors (Lipinski definition) is 0. The summed E-state index contributed by atoms with van der Waals surface area (Å²) >= 11 is 1.61. The molecule has 0 saturated heterocycles. The van der Waals surface area contributed by atoms with Gasteiger partial charge >= 0.3 is 0 Å². The zero-order valence-corrected chi connectivity index (χ0v) is 17.6. The molecule has 0 aliphatic rings. The summed E-state index contributed by atoms with van der Waals surface area (Å²) in [7, 11) is -3.44. The van der Waals surface area contributed by atoms with Gasteiger partial charge in [-0.05, 0) is 43.6 Å². The second-order valence-corrected chi connectivity index (χ2v) is 9.55. The second-order valence-electron chi connectivity index (χ2n) is 6.51. The van der Waals surface area contributed by atoms with Gasteiger partial charge in [-0.2, -0.15) is 0 Å². The molecular weight excluding hydrogens is 348 g/mol. The van der Waals surface area contributed by atoms with Gasteiger partial charge in [0.25, 0.3) is 0 Å². The molecule has 0 saturated carbocycles. The maximum absolute atomic E-state index is 13.6. The normalized spacial score (nSPS) is 13.1. The van der Waals surface area contributed by atoms with E-state index in [2.05, 4.69) is 13.8 Å². The summed E-state index contributed by atoms with van der Waals surface area (Å²) in [6.45, 7) is 6.20. The Morgan fingerprint density at radius 2 is 1.56 bits per heavy atom. The first-order chi connectivity index (χ1) is 11.9. The van der Waals surface area contributed by atoms with E-state index < -0.39 is 14.6 Å². The van der Waals surface area contributed by atoms with Crippen LogP contribution in [0.25, 0.3) is 0 Å². The summed E-state index contributed by atoms with van der Waals surface area (Å²) in [6.07, 6.45) is 12.9. The van der Waals surface area contributed by atoms with E-state index in [-0.39, 0.29) is 0 Å². The quantitative estimate of drug-likeness (QED) is 0.421. The zero-order valence-electron chi connectivity index (χ0n) is 16.0. The molecule has 1 aromatic carbocycles. The lowest BCUT2D eigenvalue weighted by Gasteiger charge is -2.31. The van der Waals surface area contributed by atoms with Crippen LogP contribution < -0.4 is 0 Å². The van der Waals surface area contributed by atoms with Crippen molar-refractivity contribution in [3.8, 4) is 0 Å². The summed E-state index contributed by atoms with van der Waals surface area (Å²) < 4.78 is 26.3. The van der Waals surface area contributed by atoms with Crippen LogP contribution in [0.5, 0.6) is 0 Å². The molecule has 4 heteroatoms. The lowest BCUT2D eigenvalue weighted by Crippen LogP contribution is -2.37. The van der Waals surface area contributed by atoms with Crippen molar-refractivity contribution < 1.29 is 8.42 Å². The fraction of sp³-hybridized carbons (Fsp3) is 0.524. The van der Waals surface area contributed by atoms with Crippen LogP contribution in [0.4, 0.5) is 0 Å². The standard InChI is InChI=1S/C21H32O2S2/c1-5-7-15-21(16-8-6-2,17-9-10-18-24-4)25(22,23)20-13-11-19(3)12-14-20/h9-14,17-18H,5-8,15-16H2,1-4H3. The Labute approximate surface area is 158 Å². The molecule has 0 amide bonds. The molecule has 0 atom stereocenters. The van der Waals surface area contributed by atoms with E-state index in [1.807, 2.05) is 48.9 Å². The highest BCUT2D eigenvalue weighted by molar-refractivity contribution is 8.01. The van der Waals surface area contributed by atoms with E-state index in [4.69, 9.17) is 0 Å². The third kappa shape index (κ3) is 6.03. The summed E-state index contributed by atoms with van der Waals surface area (Å²) in [5.74, 6) is 0. The van der Waals surface area contributed by atoms with Crippen LogP contribution in [0, 0.1) is 6.92 Å². The van der Waals surface area contributed by atoms with Crippen molar-refractivity contribution in [2.24, 2.45) is 0 Å². The Kier molecular flexibility index (Phi) is 9.58. The Hall–Kier alpha value is -1.00. The van der Waals surface area contributed by atoms with Crippen LogP contribution in [-0.4, -0.2) is 19.4 Å². The van der Waals surface area contributed by atoms with Gasteiger partial charge in [0.05, 0.1) is 9.64 Å². The fourth-order valence-electron chi connectivity index (χ4n) is 2.91. The Morgan fingerprint density at radius 1 is 1.00 bits per heavy atom. The van der Waals surface area contributed by atoms with Crippen LogP contribution in [0.3, 0.4) is 0 Å². The molecule has 0 spiro atoms. The minimum Gasteiger partial charge on any atom is -0.223 e. The highest BCUT2D eigenvalue weighted by Gasteiger charge is 2.41. The summed E-state index contributed by atoms with van der Waals surface area (Å²) in [4.78, 5) is 0.434. The minimum atomic E-state index is -3.44. The van der Waals surface area contributed by atoms with Crippen molar-refractivity contribution in [3.05, 3.63) is 53.5 Å². The van der Waals surface area contributed by atoms with Gasteiger partial charge in [-0.3, -0.25) is 0 Å². The van der Waals surface area contributed by atoms with Gasteiger partial charge in [0, 0.05) is 0 Å². The molecule has 0 heterocycles. The number of rotatable bonds is 11. The summed E-state index contributed by atoms with van der Waals surface area (Å²) in [5.41, 5.74) is 1.07. The van der Waals surface area contributed by atoms with Crippen LogP contribution in [0.2, 0.25) is 0 Å². The first-order valence-electron chi connectivity index (χ1n) is 9.12. The Bertz CT molecular complexity index is 648. The molecule has 0 aliphatic heterocycles. The maximum Gasteiger partial charge on any atom is 0.187 e. The Morgan fingerprint density at radius 3 is 2.04 bits per heavy atom. The number of aryl methyl sites for hydroxylation is 1. The first kappa shape index (κ1) is 22.0. The van der Waals surface area contributed by atoms with Gasteiger partial charge in [-0.15, -0.1) is 11.8 Å². The fourth-order valence-corrected chi connectivity index (χ4v) is 5.20. The van der Waals surface area contributed by atoms with E-state index >= 15 is 0 Å². The average molecular weight is 381 g/mol. The van der Waals surface area contributed by atoms with Crippen LogP contribution in [-0.2, 0) is 9.84 Å². The van der Waals surface area contributed by atoms with Gasteiger partial charge in [-0.1, -0.05) is 75.5 Å². The molecule has 2 nitrogen and oxygen atoms in total. The number of hydrogen-bond acceptors (Lipinski definition) is 3. The van der Waals surface area contributed by atoms with Gasteiger partial charge in [0.1, 0.15) is 0 Å². The topological polar surface area (TPSA) is 34.1 Å². The monoisotopic (exact) mass is 380 g/mol. The first-order valence-corrected chi connectivity index (χ1v) is 11.9. The smallest absolute Gasteiger partial charge is 0.187 e. The number of unbranched alkanes of at least 4 members (excludes halogenated alkanes) is 2. The van der Waals surface area contributed by atoms with Crippen molar-refractivity contribution in [1.29, 1.82) is 0 Å². The minimum absolute atomic E-state index is 0.434. The number of allylic oxidation sites excluding steroid dienone is 2. The van der Waals surface area contributed by atoms with Gasteiger partial charge < -0.3 is 0 Å². The molecule has 0 aliphatic carbocycles. The number of thioether (sulfide) groups is 1. The largest absolute Gasteiger partial charge is 0.223 e. The van der Waals surface area contributed by atoms with Gasteiger partial charge in [0.2, 0.25) is 0 Å². The van der Waals surface area contributed by atoms with Crippen LogP contribution in [0.15, 0.2) is 52.8 Å². The second kappa shape index (κ2) is 10.9. The molecule has 25 heavy (non-hydrogen) atoms. The highest BCUT2D eigenvalue weighted by atomic mass is 32.2. The SMILES string of the molecule is CCCCC(C=CC=CSC)(CCCC)S(=O)(=O)c1ccc(C)cc1. The Balaban J connectivity index is 3.39. The lowest BCUT2D eigenvalue weighted by atomic mass is 9.94. The molecule has 0 bridgehead atoms. The van der Waals surface area contributed by atoms with Crippen LogP contribution in [0.1, 0.15) is 57.9 Å². The van der Waals surface area contributed by atoms with Gasteiger partial charge in [0.15, 0.2) is 9.84 Å². The van der Waals surface area contributed by atoms with E-state index in [1.54, 1.807) is 23.9 Å². The highest BCUT2D eigenvalue weighted by Crippen LogP contribution is 2.37. The predicted molar refractivity (Wildman–Crippen MR) is 112 cm³/mol. The number of sulfone groups is 1. The third-order valence-electron chi connectivity index (χ3n) is 4.50. The molecule has 1 rings (SSSR count). The van der Waals surface area contributed by atoms with E-state index in [1.165, 1.54) is 0 Å². The molecular formula is C21H32O2S2. The van der Waals surface area contributed by atoms with Crippen molar-refractivity contribution in [2.75, 3.05) is 6.26 Å². The number of benzene rings is 1. The molecule has 0 fully saturated rings. The van der Waals surface area contributed by atoms with Crippen molar-refractivity contribution in [3.63, 3.8) is 0 Å². The van der Waals surface area contributed by atoms with Gasteiger partial charge in [-0.25, -0.2) is 8.42 Å². The molecule has 140 valence electrons. The van der Waals surface area contributed by atoms with Crippen LogP contribution >= 0.6 is 11.8 Å². The zero-order chi connectivity index (χ0) is 18.8. The molecule has 0 radical (unpaired) electrons. The molecule has 0 unspecified atom stereocenters. The van der Waals surface area contributed by atoms with Crippen molar-refractivity contribution in [1.82, 2.24) is 0 Å². The maximum atomic E-state index is 13.6. The summed E-state index contributed by atoms with van der Waals surface area (Å²) in [6, 6.07) is 7.27. The third-order valence-corrected chi connectivity index (χ3v) is 7.44. The van der Waals surface area contributed by atoms with E-state index in [0.29, 0.717) is 17.7 Å². The van der Waals surface area contributed by atoms with E-state index in [9.17, 15) is 8.42 Å². The van der Waals surface area contributed by atoms with Crippen molar-refractivity contribution in [2.45, 2.75) is 68.9 Å². The lowest BCUT2D eigenvalue weighted by molar-refractivity contribution is 0.483. The predicted octanol–water partition coefficient (Wildman–Crippen LogP) is 6.32.